The molecular weight excluding hydrogens is 276 g/mol. The van der Waals surface area contributed by atoms with Crippen LogP contribution in [-0.4, -0.2) is 37.7 Å². The molecular formula is C15H21ClN2O2. The fourth-order valence-electron chi connectivity index (χ4n) is 2.77. The highest BCUT2D eigenvalue weighted by molar-refractivity contribution is 5.85. The van der Waals surface area contributed by atoms with E-state index >= 15 is 0 Å². The van der Waals surface area contributed by atoms with Crippen molar-refractivity contribution < 1.29 is 9.53 Å². The van der Waals surface area contributed by atoms with E-state index in [0.717, 1.165) is 19.4 Å². The van der Waals surface area contributed by atoms with Gasteiger partial charge in [0, 0.05) is 12.6 Å². The molecule has 2 fully saturated rings. The zero-order valence-corrected chi connectivity index (χ0v) is 12.2. The number of carbonyl (C=O) groups excluding carboxylic acids is 1. The van der Waals surface area contributed by atoms with Crippen molar-refractivity contribution in [3.05, 3.63) is 35.9 Å². The van der Waals surface area contributed by atoms with Gasteiger partial charge in [0.2, 0.25) is 5.91 Å². The normalized spacial score (nSPS) is 28.9. The molecule has 5 heteroatoms. The van der Waals surface area contributed by atoms with Gasteiger partial charge in [0.05, 0.1) is 13.2 Å². The molecule has 2 aliphatic rings. The van der Waals surface area contributed by atoms with Crippen molar-refractivity contribution in [3.8, 4) is 0 Å². The van der Waals surface area contributed by atoms with Gasteiger partial charge in [-0.3, -0.25) is 4.79 Å². The van der Waals surface area contributed by atoms with Gasteiger partial charge in [-0.15, -0.1) is 12.4 Å². The zero-order valence-electron chi connectivity index (χ0n) is 11.4. The van der Waals surface area contributed by atoms with Gasteiger partial charge in [0.1, 0.15) is 6.04 Å². The van der Waals surface area contributed by atoms with E-state index in [-0.39, 0.29) is 24.4 Å². The van der Waals surface area contributed by atoms with Crippen molar-refractivity contribution in [2.75, 3.05) is 19.8 Å². The highest BCUT2D eigenvalue weighted by Gasteiger charge is 2.33. The lowest BCUT2D eigenvalue weighted by Gasteiger charge is -2.37. The number of carbonyl (C=O) groups is 1. The molecule has 4 nitrogen and oxygen atoms in total. The number of amides is 1. The fraction of sp³-hybridized carbons (Fsp3) is 0.533. The van der Waals surface area contributed by atoms with Gasteiger partial charge in [-0.1, -0.05) is 30.3 Å². The smallest absolute Gasteiger partial charge is 0.239 e. The van der Waals surface area contributed by atoms with Crippen LogP contribution in [0.4, 0.5) is 0 Å². The lowest BCUT2D eigenvalue weighted by Crippen LogP contribution is -2.55. The Hall–Kier alpha value is -1.10. The molecule has 1 atom stereocenters. The van der Waals surface area contributed by atoms with Crippen LogP contribution in [0, 0.1) is 0 Å². The molecule has 1 saturated heterocycles. The van der Waals surface area contributed by atoms with E-state index in [1.807, 2.05) is 6.07 Å². The fourth-order valence-corrected chi connectivity index (χ4v) is 2.77. The third-order valence-corrected chi connectivity index (χ3v) is 3.99. The van der Waals surface area contributed by atoms with Crippen LogP contribution < -0.4 is 10.6 Å². The van der Waals surface area contributed by atoms with E-state index < -0.39 is 0 Å². The molecule has 1 heterocycles. The summed E-state index contributed by atoms with van der Waals surface area (Å²) in [4.78, 5) is 12.0. The molecule has 20 heavy (non-hydrogen) atoms. The van der Waals surface area contributed by atoms with E-state index in [2.05, 4.69) is 34.9 Å². The first-order chi connectivity index (χ1) is 9.33. The van der Waals surface area contributed by atoms with Crippen molar-refractivity contribution in [1.82, 2.24) is 10.6 Å². The molecule has 3 rings (SSSR count). The van der Waals surface area contributed by atoms with Crippen molar-refractivity contribution in [3.63, 3.8) is 0 Å². The van der Waals surface area contributed by atoms with E-state index in [9.17, 15) is 4.79 Å². The minimum atomic E-state index is -0.176. The third kappa shape index (κ3) is 3.51. The Labute approximate surface area is 125 Å². The summed E-state index contributed by atoms with van der Waals surface area (Å²) >= 11 is 0. The Morgan fingerprint density at radius 1 is 1.25 bits per heavy atom. The number of hydrogen-bond acceptors (Lipinski definition) is 3. The summed E-state index contributed by atoms with van der Waals surface area (Å²) in [5.41, 5.74) is 1.38. The first-order valence-electron chi connectivity index (χ1n) is 6.99. The molecule has 0 bridgehead atoms. The van der Waals surface area contributed by atoms with E-state index in [4.69, 9.17) is 4.74 Å². The molecule has 1 aliphatic heterocycles. The van der Waals surface area contributed by atoms with Crippen molar-refractivity contribution in [2.24, 2.45) is 0 Å². The van der Waals surface area contributed by atoms with Gasteiger partial charge in [-0.05, 0) is 24.3 Å². The second kappa shape index (κ2) is 7.07. The zero-order chi connectivity index (χ0) is 13.1. The van der Waals surface area contributed by atoms with Crippen LogP contribution in [0.15, 0.2) is 30.3 Å². The summed E-state index contributed by atoms with van der Waals surface area (Å²) in [6, 6.07) is 10.7. The summed E-state index contributed by atoms with van der Waals surface area (Å²) in [7, 11) is 0. The largest absolute Gasteiger partial charge is 0.378 e. The average Bonchev–Trinajstić information content (AvgIpc) is 2.44. The van der Waals surface area contributed by atoms with Gasteiger partial charge < -0.3 is 15.4 Å². The lowest BCUT2D eigenvalue weighted by molar-refractivity contribution is -0.127. The van der Waals surface area contributed by atoms with Crippen LogP contribution in [0.5, 0.6) is 0 Å². The number of hydrogen-bond donors (Lipinski definition) is 2. The van der Waals surface area contributed by atoms with Crippen LogP contribution in [0.1, 0.15) is 24.3 Å². The molecule has 2 N–H and O–H groups in total. The third-order valence-electron chi connectivity index (χ3n) is 3.99. The molecule has 0 spiro atoms. The van der Waals surface area contributed by atoms with E-state index in [1.54, 1.807) is 0 Å². The SMILES string of the molecule is Cl.O=C(NC1CC(c2ccccc2)C1)C1COCCN1. The predicted molar refractivity (Wildman–Crippen MR) is 80.2 cm³/mol. The number of nitrogens with one attached hydrogen (secondary N) is 2. The summed E-state index contributed by atoms with van der Waals surface area (Å²) in [6.45, 7) is 1.94. The van der Waals surface area contributed by atoms with Gasteiger partial charge in [0.25, 0.3) is 0 Å². The number of halogens is 1. The predicted octanol–water partition coefficient (Wildman–Crippen LogP) is 1.46. The maximum Gasteiger partial charge on any atom is 0.239 e. The van der Waals surface area contributed by atoms with Crippen LogP contribution >= 0.6 is 12.4 Å². The topological polar surface area (TPSA) is 50.4 Å². The van der Waals surface area contributed by atoms with Gasteiger partial charge in [-0.2, -0.15) is 0 Å². The van der Waals surface area contributed by atoms with Crippen LogP contribution in [0.25, 0.3) is 0 Å². The van der Waals surface area contributed by atoms with Crippen molar-refractivity contribution >= 4 is 18.3 Å². The second-order valence-electron chi connectivity index (χ2n) is 5.37. The van der Waals surface area contributed by atoms with E-state index in [1.165, 1.54) is 5.56 Å². The summed E-state index contributed by atoms with van der Waals surface area (Å²) in [5, 5.41) is 6.28. The molecule has 1 aromatic rings. The molecule has 110 valence electrons. The molecule has 1 amide bonds. The van der Waals surface area contributed by atoms with Gasteiger partial charge >= 0.3 is 0 Å². The maximum atomic E-state index is 12.0. The molecule has 1 saturated carbocycles. The minimum Gasteiger partial charge on any atom is -0.378 e. The Morgan fingerprint density at radius 3 is 2.65 bits per heavy atom. The first-order valence-corrected chi connectivity index (χ1v) is 6.99. The maximum absolute atomic E-state index is 12.0. The highest BCUT2D eigenvalue weighted by atomic mass is 35.5. The Balaban J connectivity index is 0.00000147. The van der Waals surface area contributed by atoms with Crippen molar-refractivity contribution in [2.45, 2.75) is 30.8 Å². The number of rotatable bonds is 3. The lowest BCUT2D eigenvalue weighted by atomic mass is 9.76. The van der Waals surface area contributed by atoms with Gasteiger partial charge in [0.15, 0.2) is 0 Å². The minimum absolute atomic E-state index is 0. The van der Waals surface area contributed by atoms with Crippen LogP contribution in [-0.2, 0) is 9.53 Å². The van der Waals surface area contributed by atoms with Crippen molar-refractivity contribution in [1.29, 1.82) is 0 Å². The second-order valence-corrected chi connectivity index (χ2v) is 5.37. The van der Waals surface area contributed by atoms with Crippen LogP contribution in [0.2, 0.25) is 0 Å². The number of benzene rings is 1. The monoisotopic (exact) mass is 296 g/mol. The molecule has 1 aromatic carbocycles. The molecule has 0 aromatic heterocycles. The summed E-state index contributed by atoms with van der Waals surface area (Å²) < 4.78 is 5.30. The van der Waals surface area contributed by atoms with E-state index in [0.29, 0.717) is 25.2 Å². The summed E-state index contributed by atoms with van der Waals surface area (Å²) in [6.07, 6.45) is 2.09. The summed E-state index contributed by atoms with van der Waals surface area (Å²) in [5.74, 6) is 0.679. The number of morpholine rings is 1. The Morgan fingerprint density at radius 2 is 2.00 bits per heavy atom. The standard InChI is InChI=1S/C15H20N2O2.ClH/c18-15(14-10-19-7-6-16-14)17-13-8-12(9-13)11-4-2-1-3-5-11;/h1-5,12-14,16H,6-10H2,(H,17,18);1H. The Bertz CT molecular complexity index is 429. The Kier molecular flexibility index (Phi) is 5.40. The highest BCUT2D eigenvalue weighted by Crippen LogP contribution is 2.36. The molecule has 0 radical (unpaired) electrons. The van der Waals surface area contributed by atoms with Crippen LogP contribution in [0.3, 0.4) is 0 Å². The molecule has 1 unspecified atom stereocenters. The first kappa shape index (κ1) is 15.3. The molecule has 1 aliphatic carbocycles. The number of ether oxygens (including phenoxy) is 1. The average molecular weight is 297 g/mol. The van der Waals surface area contributed by atoms with Gasteiger partial charge in [-0.25, -0.2) is 0 Å². The quantitative estimate of drug-likeness (QED) is 0.888.